The predicted octanol–water partition coefficient (Wildman–Crippen LogP) is 2.44. The second-order valence-corrected chi connectivity index (χ2v) is 5.64. The topological polar surface area (TPSA) is 70.6 Å². The van der Waals surface area contributed by atoms with Gasteiger partial charge < -0.3 is 16.3 Å². The van der Waals surface area contributed by atoms with Crippen molar-refractivity contribution < 1.29 is 5.21 Å². The minimum atomic E-state index is -0.0800. The summed E-state index contributed by atoms with van der Waals surface area (Å²) in [5, 5.41) is 15.7. The molecule has 1 aromatic carbocycles. The van der Waals surface area contributed by atoms with Crippen LogP contribution in [0.25, 0.3) is 0 Å². The molecule has 1 saturated carbocycles. The average molecular weight is 261 g/mol. The van der Waals surface area contributed by atoms with Crippen LogP contribution in [0, 0.1) is 0 Å². The monoisotopic (exact) mass is 261 g/mol. The maximum absolute atomic E-state index is 8.96. The molecule has 4 nitrogen and oxygen atoms in total. The summed E-state index contributed by atoms with van der Waals surface area (Å²) in [5.41, 5.74) is 7.11. The minimum Gasteiger partial charge on any atom is -0.409 e. The highest BCUT2D eigenvalue weighted by atomic mass is 16.4. The van der Waals surface area contributed by atoms with Crippen LogP contribution in [0.1, 0.15) is 44.1 Å². The number of hydrogen-bond donors (Lipinski definition) is 3. The van der Waals surface area contributed by atoms with Crippen LogP contribution in [0.4, 0.5) is 0 Å². The Hall–Kier alpha value is -1.55. The van der Waals surface area contributed by atoms with E-state index in [0.29, 0.717) is 6.54 Å². The molecule has 1 atom stereocenters. The largest absolute Gasteiger partial charge is 0.409 e. The fourth-order valence-electron chi connectivity index (χ4n) is 2.83. The molecule has 0 heterocycles. The van der Waals surface area contributed by atoms with Crippen molar-refractivity contribution in [2.75, 3.05) is 6.54 Å². The Kier molecular flexibility index (Phi) is 4.43. The van der Waals surface area contributed by atoms with Gasteiger partial charge in [-0.3, -0.25) is 0 Å². The zero-order valence-electron chi connectivity index (χ0n) is 11.5. The Balaban J connectivity index is 2.07. The van der Waals surface area contributed by atoms with E-state index in [9.17, 15) is 0 Å². The van der Waals surface area contributed by atoms with Crippen molar-refractivity contribution in [3.8, 4) is 0 Å². The molecule has 0 amide bonds. The second kappa shape index (κ2) is 6.06. The van der Waals surface area contributed by atoms with Gasteiger partial charge in [0.1, 0.15) is 5.84 Å². The van der Waals surface area contributed by atoms with Gasteiger partial charge in [-0.05, 0) is 25.3 Å². The fraction of sp³-hybridized carbons (Fsp3) is 0.533. The first-order chi connectivity index (χ1) is 9.14. The highest BCUT2D eigenvalue weighted by Gasteiger charge is 2.29. The smallest absolute Gasteiger partial charge is 0.147 e. The van der Waals surface area contributed by atoms with Gasteiger partial charge in [0.05, 0.1) is 5.92 Å². The highest BCUT2D eigenvalue weighted by molar-refractivity contribution is 5.87. The lowest BCUT2D eigenvalue weighted by Crippen LogP contribution is -2.44. The molecule has 1 aromatic rings. The zero-order valence-corrected chi connectivity index (χ0v) is 11.5. The van der Waals surface area contributed by atoms with E-state index in [1.807, 2.05) is 30.3 Å². The van der Waals surface area contributed by atoms with E-state index in [0.717, 1.165) is 5.56 Å². The average Bonchev–Trinajstić information content (AvgIpc) is 2.87. The summed E-state index contributed by atoms with van der Waals surface area (Å²) in [6, 6.07) is 9.95. The van der Waals surface area contributed by atoms with Crippen molar-refractivity contribution >= 4 is 5.84 Å². The lowest BCUT2D eigenvalue weighted by Gasteiger charge is -2.28. The van der Waals surface area contributed by atoms with Gasteiger partial charge in [0, 0.05) is 12.1 Å². The molecule has 0 radical (unpaired) electrons. The van der Waals surface area contributed by atoms with E-state index in [2.05, 4.69) is 17.4 Å². The van der Waals surface area contributed by atoms with Crippen molar-refractivity contribution in [3.63, 3.8) is 0 Å². The first-order valence-electron chi connectivity index (χ1n) is 6.92. The highest BCUT2D eigenvalue weighted by Crippen LogP contribution is 2.29. The summed E-state index contributed by atoms with van der Waals surface area (Å²) < 4.78 is 0. The molecular formula is C15H23N3O. The third-order valence-corrected chi connectivity index (χ3v) is 4.11. The lowest BCUT2D eigenvalue weighted by atomic mass is 9.94. The Labute approximate surface area is 114 Å². The van der Waals surface area contributed by atoms with Crippen molar-refractivity contribution in [2.24, 2.45) is 10.9 Å². The first-order valence-corrected chi connectivity index (χ1v) is 6.92. The molecule has 2 rings (SSSR count). The Bertz CT molecular complexity index is 424. The normalized spacial score (nSPS) is 20.4. The van der Waals surface area contributed by atoms with Crippen molar-refractivity contribution in [1.82, 2.24) is 5.32 Å². The van der Waals surface area contributed by atoms with Gasteiger partial charge in [-0.25, -0.2) is 0 Å². The van der Waals surface area contributed by atoms with Crippen LogP contribution in [0.3, 0.4) is 0 Å². The Morgan fingerprint density at radius 2 is 2.00 bits per heavy atom. The molecule has 4 heteroatoms. The van der Waals surface area contributed by atoms with Crippen LogP contribution in [0.5, 0.6) is 0 Å². The maximum atomic E-state index is 8.96. The van der Waals surface area contributed by atoms with Gasteiger partial charge in [0.2, 0.25) is 0 Å². The maximum Gasteiger partial charge on any atom is 0.147 e. The molecule has 1 unspecified atom stereocenters. The van der Waals surface area contributed by atoms with Crippen LogP contribution < -0.4 is 11.1 Å². The third kappa shape index (κ3) is 3.47. The third-order valence-electron chi connectivity index (χ3n) is 4.11. The summed E-state index contributed by atoms with van der Waals surface area (Å²) in [6.07, 6.45) is 4.96. The van der Waals surface area contributed by atoms with E-state index in [1.54, 1.807) is 0 Å². The molecule has 0 aromatic heterocycles. The summed E-state index contributed by atoms with van der Waals surface area (Å²) in [6.45, 7) is 2.96. The van der Waals surface area contributed by atoms with Gasteiger partial charge >= 0.3 is 0 Å². The molecule has 0 saturated heterocycles. The van der Waals surface area contributed by atoms with Gasteiger partial charge in [0.15, 0.2) is 0 Å². The van der Waals surface area contributed by atoms with Crippen LogP contribution in [0.15, 0.2) is 35.5 Å². The van der Waals surface area contributed by atoms with Crippen LogP contribution in [-0.4, -0.2) is 23.1 Å². The van der Waals surface area contributed by atoms with Crippen molar-refractivity contribution in [3.05, 3.63) is 35.9 Å². The van der Waals surface area contributed by atoms with E-state index >= 15 is 0 Å². The van der Waals surface area contributed by atoms with E-state index in [1.165, 1.54) is 25.7 Å². The van der Waals surface area contributed by atoms with Crippen molar-refractivity contribution in [2.45, 2.75) is 44.1 Å². The SMILES string of the molecule is CC1(NCC(C(N)=NO)c2ccccc2)CCCC1. The van der Waals surface area contributed by atoms with Gasteiger partial charge in [-0.2, -0.15) is 0 Å². The number of nitrogens with one attached hydrogen (secondary N) is 1. The minimum absolute atomic E-state index is 0.0800. The molecule has 1 aliphatic carbocycles. The Morgan fingerprint density at radius 3 is 2.58 bits per heavy atom. The Morgan fingerprint density at radius 1 is 1.37 bits per heavy atom. The molecule has 104 valence electrons. The fourth-order valence-corrected chi connectivity index (χ4v) is 2.83. The summed E-state index contributed by atoms with van der Waals surface area (Å²) >= 11 is 0. The number of benzene rings is 1. The van der Waals surface area contributed by atoms with Crippen LogP contribution in [0.2, 0.25) is 0 Å². The zero-order chi connectivity index (χ0) is 13.7. The quantitative estimate of drug-likeness (QED) is 0.330. The van der Waals surface area contributed by atoms with Crippen LogP contribution in [-0.2, 0) is 0 Å². The van der Waals surface area contributed by atoms with E-state index in [4.69, 9.17) is 10.9 Å². The summed E-state index contributed by atoms with van der Waals surface area (Å²) in [4.78, 5) is 0. The summed E-state index contributed by atoms with van der Waals surface area (Å²) in [5.74, 6) is 0.184. The molecule has 1 aliphatic rings. The molecule has 0 aliphatic heterocycles. The van der Waals surface area contributed by atoms with Gasteiger partial charge in [-0.1, -0.05) is 48.3 Å². The second-order valence-electron chi connectivity index (χ2n) is 5.64. The van der Waals surface area contributed by atoms with Crippen LogP contribution >= 0.6 is 0 Å². The van der Waals surface area contributed by atoms with Crippen molar-refractivity contribution in [1.29, 1.82) is 0 Å². The standard InChI is InChI=1S/C15H23N3O/c1-15(9-5-6-10-15)17-11-13(14(16)18-19)12-7-3-2-4-8-12/h2-4,7-8,13,17,19H,5-6,9-11H2,1H3,(H2,16,18). The number of amidine groups is 1. The number of hydrogen-bond acceptors (Lipinski definition) is 3. The predicted molar refractivity (Wildman–Crippen MR) is 77.5 cm³/mol. The molecule has 1 fully saturated rings. The molecular weight excluding hydrogens is 238 g/mol. The number of rotatable bonds is 5. The van der Waals surface area contributed by atoms with E-state index in [-0.39, 0.29) is 17.3 Å². The number of oxime groups is 1. The van der Waals surface area contributed by atoms with Gasteiger partial charge in [-0.15, -0.1) is 0 Å². The molecule has 4 N–H and O–H groups in total. The summed E-state index contributed by atoms with van der Waals surface area (Å²) in [7, 11) is 0. The lowest BCUT2D eigenvalue weighted by molar-refractivity contribution is 0.313. The first kappa shape index (κ1) is 13.9. The van der Waals surface area contributed by atoms with E-state index < -0.39 is 0 Å². The molecule has 0 spiro atoms. The number of nitrogens with two attached hydrogens (primary N) is 1. The number of nitrogens with zero attached hydrogens (tertiary/aromatic N) is 1. The molecule has 0 bridgehead atoms. The van der Waals surface area contributed by atoms with Gasteiger partial charge in [0.25, 0.3) is 0 Å². The molecule has 19 heavy (non-hydrogen) atoms.